The number of aliphatic hydroxyl groups excluding tert-OH is 3. The van der Waals surface area contributed by atoms with Crippen LogP contribution >= 0.6 is 0 Å². The van der Waals surface area contributed by atoms with Gasteiger partial charge in [0.1, 0.15) is 0 Å². The van der Waals surface area contributed by atoms with E-state index < -0.39 is 0 Å². The zero-order valence-corrected chi connectivity index (χ0v) is 21.5. The van der Waals surface area contributed by atoms with Crippen molar-refractivity contribution < 1.29 is 15.3 Å². The zero-order valence-electron chi connectivity index (χ0n) is 21.5. The lowest BCUT2D eigenvalue weighted by atomic mass is 9.56. The summed E-state index contributed by atoms with van der Waals surface area (Å²) in [7, 11) is 0. The Bertz CT molecular complexity index is 918. The first-order valence-corrected chi connectivity index (χ1v) is 14.0. The minimum absolute atomic E-state index is 0.0619. The molecule has 3 nitrogen and oxygen atoms in total. The van der Waals surface area contributed by atoms with Gasteiger partial charge in [-0.05, 0) is 118 Å². The van der Waals surface area contributed by atoms with Gasteiger partial charge in [-0.1, -0.05) is 37.5 Å². The first-order valence-electron chi connectivity index (χ1n) is 14.0. The lowest BCUT2D eigenvalue weighted by Gasteiger charge is -2.49. The molecule has 0 aromatic carbocycles. The largest absolute Gasteiger partial charge is 0.396 e. The average Bonchev–Trinajstić information content (AvgIpc) is 3.05. The third-order valence-corrected chi connectivity index (χ3v) is 12.8. The highest BCUT2D eigenvalue weighted by Gasteiger charge is 2.73. The molecule has 3 heteroatoms. The van der Waals surface area contributed by atoms with Crippen LogP contribution in [0.2, 0.25) is 0 Å². The van der Waals surface area contributed by atoms with Crippen LogP contribution in [0, 0.1) is 57.7 Å². The standard InChI is InChI=1S/C30H46O3/c1-16-7-10-22(27(33)24-17(2)6-9-20(16)24)30(15-32)13-29-12-23(30)19(4)25(29)26-21(11-8-18(29)3)28(26,5)14-31/h16,18,20-23,26-27,31-33H,6-15H2,1-5H3/t16-,18-,20-,21-,22-,23-,26-,27-,28-,29-,30-/m0/s1. The number of hydrogen-bond acceptors (Lipinski definition) is 3. The molecule has 2 bridgehead atoms. The molecule has 0 aromatic rings. The molecular formula is C30H46O3. The first kappa shape index (κ1) is 22.8. The number of fused-ring (bicyclic) bond motifs is 4. The van der Waals surface area contributed by atoms with Crippen LogP contribution in [0.25, 0.3) is 0 Å². The van der Waals surface area contributed by atoms with Crippen molar-refractivity contribution >= 4 is 0 Å². The number of allylic oxidation sites excluding steroid dienone is 3. The van der Waals surface area contributed by atoms with Crippen LogP contribution in [-0.2, 0) is 0 Å². The van der Waals surface area contributed by atoms with E-state index >= 15 is 0 Å². The van der Waals surface area contributed by atoms with Crippen molar-refractivity contribution in [1.29, 1.82) is 0 Å². The second-order valence-corrected chi connectivity index (χ2v) is 13.8. The molecule has 3 N–H and O–H groups in total. The molecular weight excluding hydrogens is 408 g/mol. The molecule has 0 heterocycles. The minimum atomic E-state index is -0.390. The number of rotatable bonds is 3. The maximum atomic E-state index is 12.0. The highest BCUT2D eigenvalue weighted by atomic mass is 16.3. The summed E-state index contributed by atoms with van der Waals surface area (Å²) in [6.45, 7) is 12.3. The molecule has 4 saturated carbocycles. The maximum absolute atomic E-state index is 12.0. The third-order valence-electron chi connectivity index (χ3n) is 12.8. The van der Waals surface area contributed by atoms with Gasteiger partial charge in [0.25, 0.3) is 0 Å². The summed E-state index contributed by atoms with van der Waals surface area (Å²) in [6.07, 6.45) is 8.84. The molecule has 33 heavy (non-hydrogen) atoms. The van der Waals surface area contributed by atoms with E-state index in [1.807, 2.05) is 0 Å². The van der Waals surface area contributed by atoms with Crippen LogP contribution in [0.1, 0.15) is 86.0 Å². The van der Waals surface area contributed by atoms with E-state index in [1.54, 1.807) is 5.57 Å². The third kappa shape index (κ3) is 2.63. The van der Waals surface area contributed by atoms with Gasteiger partial charge in [0.2, 0.25) is 0 Å². The van der Waals surface area contributed by atoms with Crippen molar-refractivity contribution in [2.45, 2.75) is 92.1 Å². The zero-order chi connectivity index (χ0) is 23.5. The van der Waals surface area contributed by atoms with E-state index in [2.05, 4.69) is 34.6 Å². The van der Waals surface area contributed by atoms with E-state index in [4.69, 9.17) is 0 Å². The summed E-state index contributed by atoms with van der Waals surface area (Å²) in [5.41, 5.74) is 6.03. The van der Waals surface area contributed by atoms with Crippen molar-refractivity contribution in [3.05, 3.63) is 22.3 Å². The van der Waals surface area contributed by atoms with Crippen molar-refractivity contribution in [3.8, 4) is 0 Å². The Morgan fingerprint density at radius 2 is 1.67 bits per heavy atom. The molecule has 6 rings (SSSR count). The Morgan fingerprint density at radius 3 is 2.36 bits per heavy atom. The van der Waals surface area contributed by atoms with Crippen molar-refractivity contribution in [2.24, 2.45) is 57.7 Å². The van der Waals surface area contributed by atoms with Gasteiger partial charge in [0.05, 0.1) is 6.10 Å². The maximum Gasteiger partial charge on any atom is 0.0789 e. The van der Waals surface area contributed by atoms with E-state index in [9.17, 15) is 15.3 Å². The molecule has 0 radical (unpaired) electrons. The van der Waals surface area contributed by atoms with Crippen molar-refractivity contribution in [1.82, 2.24) is 0 Å². The smallest absolute Gasteiger partial charge is 0.0789 e. The normalized spacial score (nSPS) is 55.3. The quantitative estimate of drug-likeness (QED) is 0.494. The van der Waals surface area contributed by atoms with Gasteiger partial charge in [-0.25, -0.2) is 0 Å². The van der Waals surface area contributed by atoms with Gasteiger partial charge in [0.15, 0.2) is 0 Å². The van der Waals surface area contributed by atoms with Crippen LogP contribution in [0.15, 0.2) is 22.3 Å². The SMILES string of the molecule is CC1=C2[C@@H](O)[C@@H]([C@@]3(CO)C[C@]45C[C@H]3C(C)=C4[C@@H]3[C@H](CC[C@@H]5C)[C@]3(C)CO)CC[C@H](C)[C@@H]2CC1. The molecule has 0 saturated heterocycles. The Hall–Kier alpha value is -0.640. The molecule has 0 aliphatic heterocycles. The van der Waals surface area contributed by atoms with Crippen molar-refractivity contribution in [3.63, 3.8) is 0 Å². The molecule has 11 atom stereocenters. The van der Waals surface area contributed by atoms with Gasteiger partial charge < -0.3 is 15.3 Å². The fraction of sp³-hybridized carbons (Fsp3) is 0.867. The molecule has 0 amide bonds. The van der Waals surface area contributed by atoms with E-state index in [-0.39, 0.29) is 34.9 Å². The molecule has 1 spiro atoms. The lowest BCUT2D eigenvalue weighted by Crippen LogP contribution is -2.47. The monoisotopic (exact) mass is 454 g/mol. The molecule has 0 unspecified atom stereocenters. The summed E-state index contributed by atoms with van der Waals surface area (Å²) in [4.78, 5) is 0. The van der Waals surface area contributed by atoms with Crippen LogP contribution in [0.4, 0.5) is 0 Å². The Balaban J connectivity index is 1.45. The molecule has 4 fully saturated rings. The van der Waals surface area contributed by atoms with E-state index in [0.29, 0.717) is 42.1 Å². The van der Waals surface area contributed by atoms with Crippen molar-refractivity contribution in [2.75, 3.05) is 13.2 Å². The molecule has 0 aromatic heterocycles. The summed E-state index contributed by atoms with van der Waals surface area (Å²) in [5.74, 6) is 3.51. The van der Waals surface area contributed by atoms with Gasteiger partial charge in [-0.15, -0.1) is 0 Å². The Morgan fingerprint density at radius 1 is 0.939 bits per heavy atom. The fourth-order valence-electron chi connectivity index (χ4n) is 10.9. The van der Waals surface area contributed by atoms with E-state index in [0.717, 1.165) is 19.3 Å². The van der Waals surface area contributed by atoms with Crippen LogP contribution in [0.3, 0.4) is 0 Å². The lowest BCUT2D eigenvalue weighted by molar-refractivity contribution is -0.0377. The highest BCUT2D eigenvalue weighted by Crippen LogP contribution is 2.80. The predicted molar refractivity (Wildman–Crippen MR) is 131 cm³/mol. The summed E-state index contributed by atoms with van der Waals surface area (Å²) in [6, 6.07) is 0. The Labute approximate surface area is 200 Å². The van der Waals surface area contributed by atoms with Gasteiger partial charge in [-0.2, -0.15) is 0 Å². The number of aliphatic hydroxyl groups is 3. The summed E-state index contributed by atoms with van der Waals surface area (Å²) >= 11 is 0. The summed E-state index contributed by atoms with van der Waals surface area (Å²) in [5, 5.41) is 33.4. The first-order chi connectivity index (χ1) is 15.7. The van der Waals surface area contributed by atoms with Crippen LogP contribution in [0.5, 0.6) is 0 Å². The second kappa shape index (κ2) is 7.20. The predicted octanol–water partition coefficient (Wildman–Crippen LogP) is 5.50. The molecule has 6 aliphatic carbocycles. The second-order valence-electron chi connectivity index (χ2n) is 13.8. The summed E-state index contributed by atoms with van der Waals surface area (Å²) < 4.78 is 0. The van der Waals surface area contributed by atoms with Crippen LogP contribution < -0.4 is 0 Å². The minimum Gasteiger partial charge on any atom is -0.396 e. The number of hydrogen-bond donors (Lipinski definition) is 3. The fourth-order valence-corrected chi connectivity index (χ4v) is 10.9. The average molecular weight is 455 g/mol. The van der Waals surface area contributed by atoms with Gasteiger partial charge >= 0.3 is 0 Å². The van der Waals surface area contributed by atoms with Gasteiger partial charge in [0, 0.05) is 24.0 Å². The Kier molecular flexibility index (Phi) is 4.97. The molecule has 6 aliphatic rings. The topological polar surface area (TPSA) is 60.7 Å². The molecule has 184 valence electrons. The van der Waals surface area contributed by atoms with Gasteiger partial charge in [-0.3, -0.25) is 0 Å². The van der Waals surface area contributed by atoms with Crippen LogP contribution in [-0.4, -0.2) is 34.6 Å². The van der Waals surface area contributed by atoms with E-state index in [1.165, 1.54) is 48.8 Å². The highest BCUT2D eigenvalue weighted by molar-refractivity contribution is 5.46.